The molecular formula is C20H43NO4S. The van der Waals surface area contributed by atoms with Crippen molar-refractivity contribution < 1.29 is 17.2 Å². The lowest BCUT2D eigenvalue weighted by Gasteiger charge is -2.14. The van der Waals surface area contributed by atoms with Crippen molar-refractivity contribution in [2.45, 2.75) is 97.3 Å². The van der Waals surface area contributed by atoms with Crippen molar-refractivity contribution in [3.63, 3.8) is 0 Å². The monoisotopic (exact) mass is 393 g/mol. The van der Waals surface area contributed by atoms with Crippen LogP contribution in [0.1, 0.15) is 97.3 Å². The minimum Gasteiger partial charge on any atom is -0.303 e. The van der Waals surface area contributed by atoms with Gasteiger partial charge in [-0.05, 0) is 31.8 Å². The lowest BCUT2D eigenvalue weighted by molar-refractivity contribution is 0.317. The fourth-order valence-electron chi connectivity index (χ4n) is 3.41. The van der Waals surface area contributed by atoms with Crippen molar-refractivity contribution in [2.75, 3.05) is 26.7 Å². The minimum atomic E-state index is -4.16. The van der Waals surface area contributed by atoms with Gasteiger partial charge in [-0.2, -0.15) is 8.42 Å². The maximum atomic E-state index is 9.33. The molecule has 0 radical (unpaired) electrons. The van der Waals surface area contributed by atoms with Crippen LogP contribution in [0.4, 0.5) is 0 Å². The number of unbranched alkanes of at least 4 members (excludes halogenated alkanes) is 11. The Morgan fingerprint density at radius 2 is 1.35 bits per heavy atom. The molecule has 1 aliphatic rings. The van der Waals surface area contributed by atoms with E-state index in [1.807, 2.05) is 0 Å². The maximum absolute atomic E-state index is 9.33. The van der Waals surface area contributed by atoms with Crippen LogP contribution in [0.15, 0.2) is 0 Å². The van der Waals surface area contributed by atoms with Gasteiger partial charge in [-0.25, -0.2) is 0 Å². The van der Waals surface area contributed by atoms with Crippen molar-refractivity contribution in [2.24, 2.45) is 5.92 Å². The Morgan fingerprint density at radius 3 is 1.69 bits per heavy atom. The summed E-state index contributed by atoms with van der Waals surface area (Å²) in [6.07, 6.45) is 18.9. The first-order valence-corrected chi connectivity index (χ1v) is 12.0. The van der Waals surface area contributed by atoms with Gasteiger partial charge in [0.2, 0.25) is 0 Å². The second-order valence-electron chi connectivity index (χ2n) is 7.68. The van der Waals surface area contributed by atoms with Gasteiger partial charge in [0, 0.05) is 6.54 Å². The number of likely N-dealkylation sites (tertiary alicyclic amines) is 1. The average Bonchev–Trinajstić information content (AvgIpc) is 3.01. The number of nitrogens with zero attached hydrogens (tertiary/aromatic N) is 1. The average molecular weight is 394 g/mol. The van der Waals surface area contributed by atoms with E-state index in [0.717, 1.165) is 13.0 Å². The third kappa shape index (κ3) is 18.6. The van der Waals surface area contributed by atoms with Crippen molar-refractivity contribution in [3.8, 4) is 0 Å². The summed E-state index contributed by atoms with van der Waals surface area (Å²) in [4.78, 5) is 2.67. The summed E-state index contributed by atoms with van der Waals surface area (Å²) in [6, 6.07) is 0. The fourth-order valence-corrected chi connectivity index (χ4v) is 3.41. The van der Waals surface area contributed by atoms with E-state index in [1.54, 1.807) is 0 Å². The van der Waals surface area contributed by atoms with Crippen molar-refractivity contribution in [1.29, 1.82) is 0 Å². The first kappa shape index (κ1) is 25.8. The molecule has 1 rings (SSSR count). The summed E-state index contributed by atoms with van der Waals surface area (Å²) < 4.78 is 29.7. The molecule has 158 valence electrons. The maximum Gasteiger partial charge on any atom is 0.397 e. The summed E-state index contributed by atoms with van der Waals surface area (Å²) >= 11 is 0. The SMILES string of the molecule is CCCCCCCCCCCCCCN1CCC(C)C1.COS(=O)(=O)O. The fraction of sp³-hybridized carbons (Fsp3) is 1.00. The topological polar surface area (TPSA) is 66.8 Å². The predicted octanol–water partition coefficient (Wildman–Crippen LogP) is 5.46. The van der Waals surface area contributed by atoms with Crippen LogP contribution < -0.4 is 0 Å². The Labute approximate surface area is 162 Å². The standard InChI is InChI=1S/C19H39N.CH4O4S/c1-3-4-5-6-7-8-9-10-11-12-13-14-16-20-17-15-19(2)18-20;1-5-6(2,3)4/h19H,3-18H2,1-2H3;1H3,(H,2,3,4). The molecule has 0 saturated carbocycles. The smallest absolute Gasteiger partial charge is 0.303 e. The zero-order valence-corrected chi connectivity index (χ0v) is 18.2. The molecule has 1 unspecified atom stereocenters. The Balaban J connectivity index is 0.000000896. The van der Waals surface area contributed by atoms with E-state index in [2.05, 4.69) is 22.9 Å². The van der Waals surface area contributed by atoms with Crippen LogP contribution in [-0.2, 0) is 14.6 Å². The van der Waals surface area contributed by atoms with Gasteiger partial charge in [-0.3, -0.25) is 8.74 Å². The second-order valence-corrected chi connectivity index (χ2v) is 8.87. The molecule has 6 heteroatoms. The van der Waals surface area contributed by atoms with Crippen molar-refractivity contribution >= 4 is 10.4 Å². The lowest BCUT2D eigenvalue weighted by atomic mass is 10.1. The first-order chi connectivity index (χ1) is 12.4. The molecule has 1 heterocycles. The zero-order valence-electron chi connectivity index (χ0n) is 17.4. The van der Waals surface area contributed by atoms with Gasteiger partial charge >= 0.3 is 10.4 Å². The van der Waals surface area contributed by atoms with E-state index in [1.165, 1.54) is 103 Å². The molecule has 1 aliphatic heterocycles. The predicted molar refractivity (Wildman–Crippen MR) is 110 cm³/mol. The highest BCUT2D eigenvalue weighted by molar-refractivity contribution is 7.80. The largest absolute Gasteiger partial charge is 0.397 e. The number of hydrogen-bond donors (Lipinski definition) is 1. The molecule has 26 heavy (non-hydrogen) atoms. The molecule has 0 amide bonds. The molecule has 0 aromatic rings. The lowest BCUT2D eigenvalue weighted by Crippen LogP contribution is -2.21. The van der Waals surface area contributed by atoms with Crippen LogP contribution in [0.2, 0.25) is 0 Å². The van der Waals surface area contributed by atoms with Crippen LogP contribution >= 0.6 is 0 Å². The van der Waals surface area contributed by atoms with Crippen LogP contribution in [0.25, 0.3) is 0 Å². The second kappa shape index (κ2) is 17.0. The third-order valence-electron chi connectivity index (χ3n) is 5.05. The molecule has 1 N–H and O–H groups in total. The molecule has 0 bridgehead atoms. The van der Waals surface area contributed by atoms with Gasteiger partial charge in [0.1, 0.15) is 0 Å². The molecule has 0 spiro atoms. The first-order valence-electron chi connectivity index (χ1n) is 10.6. The molecule has 5 nitrogen and oxygen atoms in total. The summed E-state index contributed by atoms with van der Waals surface area (Å²) in [5.74, 6) is 0.951. The molecular weight excluding hydrogens is 350 g/mol. The van der Waals surface area contributed by atoms with Gasteiger partial charge in [0.25, 0.3) is 0 Å². The van der Waals surface area contributed by atoms with Gasteiger partial charge < -0.3 is 4.90 Å². The van der Waals surface area contributed by atoms with Crippen LogP contribution in [-0.4, -0.2) is 44.6 Å². The van der Waals surface area contributed by atoms with E-state index in [9.17, 15) is 8.42 Å². The van der Waals surface area contributed by atoms with Gasteiger partial charge in [-0.1, -0.05) is 84.5 Å². The van der Waals surface area contributed by atoms with Crippen molar-refractivity contribution in [1.82, 2.24) is 4.90 Å². The Morgan fingerprint density at radius 1 is 0.923 bits per heavy atom. The van der Waals surface area contributed by atoms with Gasteiger partial charge in [0.05, 0.1) is 7.11 Å². The van der Waals surface area contributed by atoms with Gasteiger partial charge in [0.15, 0.2) is 0 Å². The summed E-state index contributed by atoms with van der Waals surface area (Å²) in [5.41, 5.74) is 0. The van der Waals surface area contributed by atoms with Crippen LogP contribution in [0.5, 0.6) is 0 Å². The highest BCUT2D eigenvalue weighted by atomic mass is 32.3. The summed E-state index contributed by atoms with van der Waals surface area (Å²) in [5, 5.41) is 0. The Kier molecular flexibility index (Phi) is 16.9. The van der Waals surface area contributed by atoms with E-state index in [-0.39, 0.29) is 0 Å². The van der Waals surface area contributed by atoms with E-state index < -0.39 is 10.4 Å². The molecule has 0 aromatic heterocycles. The molecule has 1 atom stereocenters. The summed E-state index contributed by atoms with van der Waals surface area (Å²) in [6.45, 7) is 8.77. The third-order valence-corrected chi connectivity index (χ3v) is 5.47. The number of hydrogen-bond acceptors (Lipinski definition) is 4. The zero-order chi connectivity index (χ0) is 19.7. The number of rotatable bonds is 14. The Bertz CT molecular complexity index is 401. The molecule has 1 saturated heterocycles. The van der Waals surface area contributed by atoms with E-state index in [4.69, 9.17) is 4.55 Å². The Hall–Kier alpha value is -0.170. The highest BCUT2D eigenvalue weighted by Gasteiger charge is 2.17. The minimum absolute atomic E-state index is 0.870. The molecule has 0 aliphatic carbocycles. The van der Waals surface area contributed by atoms with Crippen LogP contribution in [0, 0.1) is 5.92 Å². The molecule has 0 aromatic carbocycles. The normalized spacial score (nSPS) is 17.9. The molecule has 1 fully saturated rings. The van der Waals surface area contributed by atoms with E-state index >= 15 is 0 Å². The van der Waals surface area contributed by atoms with Crippen molar-refractivity contribution in [3.05, 3.63) is 0 Å². The quantitative estimate of drug-likeness (QED) is 0.313. The van der Waals surface area contributed by atoms with Crippen LogP contribution in [0.3, 0.4) is 0 Å². The van der Waals surface area contributed by atoms with Gasteiger partial charge in [-0.15, -0.1) is 0 Å². The van der Waals surface area contributed by atoms with E-state index in [0.29, 0.717) is 0 Å². The highest BCUT2D eigenvalue weighted by Crippen LogP contribution is 2.16. The summed E-state index contributed by atoms with van der Waals surface area (Å²) in [7, 11) is -3.29.